The highest BCUT2D eigenvalue weighted by molar-refractivity contribution is 6.05. The molecule has 0 unspecified atom stereocenters. The third-order valence-corrected chi connectivity index (χ3v) is 4.29. The summed E-state index contributed by atoms with van der Waals surface area (Å²) in [6.45, 7) is 3.84. The van der Waals surface area contributed by atoms with E-state index in [0.29, 0.717) is 22.4 Å². The van der Waals surface area contributed by atoms with Gasteiger partial charge in [-0.2, -0.15) is 5.10 Å². The summed E-state index contributed by atoms with van der Waals surface area (Å²) in [6.07, 6.45) is 3.40. The number of carbonyl (C=O) groups excluding carboxylic acids is 1. The van der Waals surface area contributed by atoms with Crippen LogP contribution < -0.4 is 11.0 Å². The molecule has 8 nitrogen and oxygen atoms in total. The van der Waals surface area contributed by atoms with Crippen molar-refractivity contribution < 1.29 is 4.79 Å². The molecule has 1 aromatic carbocycles. The van der Waals surface area contributed by atoms with Crippen LogP contribution in [0.4, 0.5) is 5.82 Å². The van der Waals surface area contributed by atoms with Crippen LogP contribution in [0.2, 0.25) is 0 Å². The van der Waals surface area contributed by atoms with Crippen molar-refractivity contribution in [1.29, 1.82) is 0 Å². The van der Waals surface area contributed by atoms with Gasteiger partial charge in [0, 0.05) is 35.6 Å². The minimum atomic E-state index is -0.301. The van der Waals surface area contributed by atoms with Crippen LogP contribution in [-0.2, 0) is 0 Å². The molecule has 0 aliphatic heterocycles. The van der Waals surface area contributed by atoms with Crippen LogP contribution in [-0.4, -0.2) is 30.6 Å². The first-order chi connectivity index (χ1) is 13.0. The molecule has 4 aromatic rings. The Hall–Kier alpha value is -3.68. The van der Waals surface area contributed by atoms with Gasteiger partial charge in [-0.3, -0.25) is 19.4 Å². The summed E-state index contributed by atoms with van der Waals surface area (Å²) in [5.41, 5.74) is 3.28. The second-order valence-electron chi connectivity index (χ2n) is 6.49. The molecule has 3 heterocycles. The average molecular weight is 362 g/mol. The number of aromatic amines is 2. The number of carbonyl (C=O) groups is 1. The van der Waals surface area contributed by atoms with Crippen molar-refractivity contribution in [3.8, 4) is 11.3 Å². The standard InChI is InChI=1S/C19H18N6O2/c1-11(2)25-16-8-12(5-6-14(16)21-19(25)27)18(26)22-17-9-15(23-24-17)13-4-3-7-20-10-13/h3-11H,1-2H3,(H,21,27)(H2,22,23,24,26). The van der Waals surface area contributed by atoms with Gasteiger partial charge < -0.3 is 10.3 Å². The van der Waals surface area contributed by atoms with Crippen molar-refractivity contribution in [2.75, 3.05) is 5.32 Å². The van der Waals surface area contributed by atoms with Crippen molar-refractivity contribution in [3.63, 3.8) is 0 Å². The van der Waals surface area contributed by atoms with E-state index < -0.39 is 0 Å². The first-order valence-corrected chi connectivity index (χ1v) is 8.54. The molecule has 8 heteroatoms. The van der Waals surface area contributed by atoms with Crippen LogP contribution in [0.1, 0.15) is 30.2 Å². The average Bonchev–Trinajstić information content (AvgIpc) is 3.25. The number of anilines is 1. The number of aromatic nitrogens is 5. The number of amides is 1. The molecule has 0 saturated carbocycles. The van der Waals surface area contributed by atoms with Gasteiger partial charge in [0.25, 0.3) is 5.91 Å². The SMILES string of the molecule is CC(C)n1c(=O)[nH]c2ccc(C(=O)Nc3cc(-c4cccnc4)[nH]n3)cc21. The number of benzene rings is 1. The van der Waals surface area contributed by atoms with E-state index in [1.807, 2.05) is 26.0 Å². The minimum absolute atomic E-state index is 0.0158. The predicted molar refractivity (Wildman–Crippen MR) is 103 cm³/mol. The minimum Gasteiger partial charge on any atom is -0.306 e. The van der Waals surface area contributed by atoms with Gasteiger partial charge in [0.05, 0.1) is 16.7 Å². The number of pyridine rings is 1. The Kier molecular flexibility index (Phi) is 4.08. The van der Waals surface area contributed by atoms with Crippen LogP contribution >= 0.6 is 0 Å². The van der Waals surface area contributed by atoms with Crippen molar-refractivity contribution in [1.82, 2.24) is 24.7 Å². The van der Waals surface area contributed by atoms with Crippen LogP contribution in [0, 0.1) is 0 Å². The number of nitrogens with zero attached hydrogens (tertiary/aromatic N) is 3. The van der Waals surface area contributed by atoms with E-state index >= 15 is 0 Å². The fourth-order valence-corrected chi connectivity index (χ4v) is 3.02. The summed E-state index contributed by atoms with van der Waals surface area (Å²) >= 11 is 0. The molecule has 0 atom stereocenters. The summed E-state index contributed by atoms with van der Waals surface area (Å²) in [7, 11) is 0. The number of imidazole rings is 1. The number of nitrogens with one attached hydrogen (secondary N) is 3. The van der Waals surface area contributed by atoms with Crippen molar-refractivity contribution >= 4 is 22.8 Å². The molecule has 27 heavy (non-hydrogen) atoms. The maximum absolute atomic E-state index is 12.6. The van der Waals surface area contributed by atoms with E-state index in [4.69, 9.17) is 0 Å². The van der Waals surface area contributed by atoms with Gasteiger partial charge in [0.2, 0.25) is 0 Å². The lowest BCUT2D eigenvalue weighted by Crippen LogP contribution is -2.18. The second-order valence-corrected chi connectivity index (χ2v) is 6.49. The molecule has 0 radical (unpaired) electrons. The molecule has 0 aliphatic carbocycles. The van der Waals surface area contributed by atoms with Gasteiger partial charge >= 0.3 is 5.69 Å². The fourth-order valence-electron chi connectivity index (χ4n) is 3.02. The van der Waals surface area contributed by atoms with Gasteiger partial charge in [-0.25, -0.2) is 4.79 Å². The molecule has 0 aliphatic rings. The number of fused-ring (bicyclic) bond motifs is 1. The molecule has 0 saturated heterocycles. The quantitative estimate of drug-likeness (QED) is 0.518. The highest BCUT2D eigenvalue weighted by Crippen LogP contribution is 2.20. The lowest BCUT2D eigenvalue weighted by atomic mass is 10.1. The van der Waals surface area contributed by atoms with Crippen LogP contribution in [0.25, 0.3) is 22.3 Å². The Labute approximate surface area is 154 Å². The number of H-pyrrole nitrogens is 2. The molecule has 0 fully saturated rings. The Balaban J connectivity index is 1.61. The number of hydrogen-bond donors (Lipinski definition) is 3. The summed E-state index contributed by atoms with van der Waals surface area (Å²) in [4.78, 5) is 31.6. The summed E-state index contributed by atoms with van der Waals surface area (Å²) < 4.78 is 1.63. The lowest BCUT2D eigenvalue weighted by Gasteiger charge is -2.08. The second kappa shape index (κ2) is 6.56. The molecule has 1 amide bonds. The van der Waals surface area contributed by atoms with E-state index in [-0.39, 0.29) is 17.6 Å². The molecular weight excluding hydrogens is 344 g/mol. The van der Waals surface area contributed by atoms with Gasteiger partial charge in [-0.15, -0.1) is 0 Å². The van der Waals surface area contributed by atoms with Gasteiger partial charge in [-0.05, 0) is 44.2 Å². The van der Waals surface area contributed by atoms with Crippen LogP contribution in [0.15, 0.2) is 53.6 Å². The largest absolute Gasteiger partial charge is 0.326 e. The first-order valence-electron chi connectivity index (χ1n) is 8.54. The Morgan fingerprint density at radius 3 is 2.81 bits per heavy atom. The zero-order valence-corrected chi connectivity index (χ0v) is 14.9. The lowest BCUT2D eigenvalue weighted by molar-refractivity contribution is 0.102. The smallest absolute Gasteiger partial charge is 0.306 e. The maximum atomic E-state index is 12.6. The normalized spacial score (nSPS) is 11.2. The first kappa shape index (κ1) is 16.8. The number of rotatable bonds is 4. The van der Waals surface area contributed by atoms with E-state index in [1.165, 1.54) is 0 Å². The third kappa shape index (κ3) is 3.12. The Bertz CT molecular complexity index is 1170. The van der Waals surface area contributed by atoms with Crippen molar-refractivity contribution in [2.24, 2.45) is 0 Å². The highest BCUT2D eigenvalue weighted by Gasteiger charge is 2.14. The summed E-state index contributed by atoms with van der Waals surface area (Å²) in [5.74, 6) is 0.111. The summed E-state index contributed by atoms with van der Waals surface area (Å²) in [5, 5.41) is 9.77. The zero-order chi connectivity index (χ0) is 19.0. The zero-order valence-electron chi connectivity index (χ0n) is 14.9. The topological polar surface area (TPSA) is 108 Å². The number of hydrogen-bond acceptors (Lipinski definition) is 4. The molecule has 136 valence electrons. The fraction of sp³-hybridized carbons (Fsp3) is 0.158. The van der Waals surface area contributed by atoms with Crippen molar-refractivity contribution in [2.45, 2.75) is 19.9 Å². The van der Waals surface area contributed by atoms with E-state index in [0.717, 1.165) is 11.3 Å². The van der Waals surface area contributed by atoms with E-state index in [2.05, 4.69) is 25.5 Å². The molecule has 4 rings (SSSR count). The van der Waals surface area contributed by atoms with E-state index in [1.54, 1.807) is 41.2 Å². The summed E-state index contributed by atoms with van der Waals surface area (Å²) in [6, 6.07) is 10.6. The van der Waals surface area contributed by atoms with Crippen molar-refractivity contribution in [3.05, 3.63) is 64.8 Å². The Morgan fingerprint density at radius 2 is 2.07 bits per heavy atom. The Morgan fingerprint density at radius 1 is 1.22 bits per heavy atom. The molecular formula is C19H18N6O2. The van der Waals surface area contributed by atoms with Gasteiger partial charge in [0.15, 0.2) is 5.82 Å². The van der Waals surface area contributed by atoms with Crippen LogP contribution in [0.3, 0.4) is 0 Å². The molecule has 0 bridgehead atoms. The third-order valence-electron chi connectivity index (χ3n) is 4.29. The molecule has 0 spiro atoms. The van der Waals surface area contributed by atoms with Crippen LogP contribution in [0.5, 0.6) is 0 Å². The van der Waals surface area contributed by atoms with E-state index in [9.17, 15) is 9.59 Å². The predicted octanol–water partition coefficient (Wildman–Crippen LogP) is 2.95. The monoisotopic (exact) mass is 362 g/mol. The molecule has 3 N–H and O–H groups in total. The highest BCUT2D eigenvalue weighted by atomic mass is 16.2. The maximum Gasteiger partial charge on any atom is 0.326 e. The molecule has 3 aromatic heterocycles. The van der Waals surface area contributed by atoms with Gasteiger partial charge in [-0.1, -0.05) is 0 Å². The van der Waals surface area contributed by atoms with Gasteiger partial charge in [0.1, 0.15) is 0 Å².